The van der Waals surface area contributed by atoms with E-state index in [9.17, 15) is 22.8 Å². The fourth-order valence-electron chi connectivity index (χ4n) is 4.92. The summed E-state index contributed by atoms with van der Waals surface area (Å²) in [6.45, 7) is 2.99. The fourth-order valence-corrected chi connectivity index (χ4v) is 5.28. The van der Waals surface area contributed by atoms with E-state index in [1.807, 2.05) is 33.9 Å². The molecule has 0 saturated carbocycles. The molecule has 0 radical (unpaired) electrons. The molecule has 2 aliphatic rings. The molecule has 0 spiro atoms. The number of piperidine rings is 1. The summed E-state index contributed by atoms with van der Waals surface area (Å²) < 4.78 is 42.0. The standard InChI is InChI=1S/C26H23BrF3N3O2/c1-15-4-2-3-9-33(15)24(34)14-32-13-16(20-12-18(27)6-8-23(20)32)10-21-19-7-5-17(26(28,29)30)11-22(19)31-25(21)35/h5-8,10-13,15H,2-4,9,14H2,1H3,(H,31,35)/b21-10+. The molecule has 1 atom stereocenters. The second kappa shape index (κ2) is 8.86. The van der Waals surface area contributed by atoms with Crippen molar-refractivity contribution in [1.29, 1.82) is 0 Å². The molecule has 1 saturated heterocycles. The molecular weight excluding hydrogens is 523 g/mol. The number of rotatable bonds is 3. The largest absolute Gasteiger partial charge is 0.416 e. The highest BCUT2D eigenvalue weighted by molar-refractivity contribution is 9.10. The maximum atomic E-state index is 13.1. The third-order valence-corrected chi connectivity index (χ3v) is 7.23. The zero-order valence-electron chi connectivity index (χ0n) is 19.0. The van der Waals surface area contributed by atoms with Crippen LogP contribution in [0.4, 0.5) is 18.9 Å². The number of nitrogens with zero attached hydrogens (tertiary/aromatic N) is 2. The average Bonchev–Trinajstić information content (AvgIpc) is 3.29. The van der Waals surface area contributed by atoms with Crippen molar-refractivity contribution in [3.8, 4) is 0 Å². The monoisotopic (exact) mass is 545 g/mol. The predicted molar refractivity (Wildman–Crippen MR) is 133 cm³/mol. The van der Waals surface area contributed by atoms with Gasteiger partial charge in [-0.05, 0) is 62.6 Å². The highest BCUT2D eigenvalue weighted by Gasteiger charge is 2.33. The number of carbonyl (C=O) groups is 2. The second-order valence-electron chi connectivity index (χ2n) is 9.08. The summed E-state index contributed by atoms with van der Waals surface area (Å²) >= 11 is 3.48. The Labute approximate surface area is 208 Å². The SMILES string of the molecule is CC1CCCCN1C(=O)Cn1cc(/C=C2/C(=O)Nc3cc(C(F)(F)F)ccc32)c2cc(Br)ccc21. The van der Waals surface area contributed by atoms with E-state index < -0.39 is 17.6 Å². The van der Waals surface area contributed by atoms with Gasteiger partial charge in [-0.15, -0.1) is 0 Å². The van der Waals surface area contributed by atoms with Crippen LogP contribution in [0.3, 0.4) is 0 Å². The van der Waals surface area contributed by atoms with Crippen LogP contribution in [0.1, 0.15) is 42.9 Å². The molecule has 182 valence electrons. The molecule has 0 aliphatic carbocycles. The van der Waals surface area contributed by atoms with Crippen molar-refractivity contribution >= 4 is 56.0 Å². The first-order valence-electron chi connectivity index (χ1n) is 11.4. The van der Waals surface area contributed by atoms with Crippen molar-refractivity contribution in [3.05, 3.63) is 63.8 Å². The zero-order valence-corrected chi connectivity index (χ0v) is 20.5. The van der Waals surface area contributed by atoms with E-state index in [1.54, 1.807) is 6.08 Å². The lowest BCUT2D eigenvalue weighted by atomic mass is 10.0. The molecule has 2 aromatic carbocycles. The normalized spacial score (nSPS) is 19.3. The first kappa shape index (κ1) is 23.7. The van der Waals surface area contributed by atoms with Gasteiger partial charge in [-0.3, -0.25) is 9.59 Å². The van der Waals surface area contributed by atoms with E-state index in [2.05, 4.69) is 28.2 Å². The van der Waals surface area contributed by atoms with Gasteiger partial charge in [-0.2, -0.15) is 13.2 Å². The summed E-state index contributed by atoms with van der Waals surface area (Å²) in [5, 5.41) is 3.38. The Hall–Kier alpha value is -3.07. The van der Waals surface area contributed by atoms with Crippen molar-refractivity contribution in [1.82, 2.24) is 9.47 Å². The van der Waals surface area contributed by atoms with E-state index in [-0.39, 0.29) is 29.8 Å². The zero-order chi connectivity index (χ0) is 24.9. The Bertz CT molecular complexity index is 1380. The van der Waals surface area contributed by atoms with Crippen LogP contribution in [-0.2, 0) is 22.3 Å². The highest BCUT2D eigenvalue weighted by Crippen LogP contribution is 2.39. The maximum Gasteiger partial charge on any atom is 0.416 e. The molecule has 2 amide bonds. The van der Waals surface area contributed by atoms with Gasteiger partial charge < -0.3 is 14.8 Å². The lowest BCUT2D eigenvalue weighted by Crippen LogP contribution is -2.43. The Balaban J connectivity index is 1.54. The number of halogens is 4. The van der Waals surface area contributed by atoms with Gasteiger partial charge in [0.05, 0.1) is 5.56 Å². The van der Waals surface area contributed by atoms with Crippen molar-refractivity contribution < 1.29 is 22.8 Å². The van der Waals surface area contributed by atoms with Crippen LogP contribution in [-0.4, -0.2) is 33.9 Å². The van der Waals surface area contributed by atoms with E-state index >= 15 is 0 Å². The van der Waals surface area contributed by atoms with Crippen LogP contribution in [0.5, 0.6) is 0 Å². The molecule has 1 aromatic heterocycles. The molecule has 9 heteroatoms. The smallest absolute Gasteiger partial charge is 0.338 e. The molecule has 2 aliphatic heterocycles. The predicted octanol–water partition coefficient (Wildman–Crippen LogP) is 6.32. The molecule has 3 aromatic rings. The Morgan fingerprint density at radius 2 is 2.00 bits per heavy atom. The third kappa shape index (κ3) is 4.49. The minimum atomic E-state index is -4.50. The molecule has 5 rings (SSSR count). The van der Waals surface area contributed by atoms with Gasteiger partial charge in [0.2, 0.25) is 5.91 Å². The molecule has 3 heterocycles. The minimum absolute atomic E-state index is 0.0415. The summed E-state index contributed by atoms with van der Waals surface area (Å²) in [7, 11) is 0. The molecule has 35 heavy (non-hydrogen) atoms. The van der Waals surface area contributed by atoms with Crippen molar-refractivity contribution in [2.24, 2.45) is 0 Å². The lowest BCUT2D eigenvalue weighted by molar-refractivity contribution is -0.137. The minimum Gasteiger partial charge on any atom is -0.338 e. The average molecular weight is 546 g/mol. The van der Waals surface area contributed by atoms with Gasteiger partial charge in [0.25, 0.3) is 5.91 Å². The number of carbonyl (C=O) groups excluding carboxylic acids is 2. The maximum absolute atomic E-state index is 13.1. The van der Waals surface area contributed by atoms with Crippen LogP contribution in [0.25, 0.3) is 22.6 Å². The number of hydrogen-bond acceptors (Lipinski definition) is 2. The van der Waals surface area contributed by atoms with Crippen LogP contribution in [0.15, 0.2) is 47.1 Å². The number of anilines is 1. The van der Waals surface area contributed by atoms with Crippen LogP contribution < -0.4 is 5.32 Å². The second-order valence-corrected chi connectivity index (χ2v) is 9.99. The van der Waals surface area contributed by atoms with Crippen LogP contribution >= 0.6 is 15.9 Å². The number of likely N-dealkylation sites (tertiary alicyclic amines) is 1. The van der Waals surface area contributed by atoms with Crippen molar-refractivity contribution in [3.63, 3.8) is 0 Å². The van der Waals surface area contributed by atoms with Gasteiger partial charge in [-0.1, -0.05) is 22.0 Å². The molecular formula is C26H23BrF3N3O2. The fraction of sp³-hybridized carbons (Fsp3) is 0.308. The highest BCUT2D eigenvalue weighted by atomic mass is 79.9. The molecule has 1 N–H and O–H groups in total. The van der Waals surface area contributed by atoms with Crippen LogP contribution in [0.2, 0.25) is 0 Å². The number of fused-ring (bicyclic) bond motifs is 2. The first-order valence-corrected chi connectivity index (χ1v) is 12.2. The van der Waals surface area contributed by atoms with Gasteiger partial charge in [0, 0.05) is 56.5 Å². The first-order chi connectivity index (χ1) is 16.6. The number of aromatic nitrogens is 1. The lowest BCUT2D eigenvalue weighted by Gasteiger charge is -2.33. The summed E-state index contributed by atoms with van der Waals surface area (Å²) in [6.07, 6.45) is 2.12. The van der Waals surface area contributed by atoms with E-state index in [0.29, 0.717) is 11.1 Å². The van der Waals surface area contributed by atoms with Gasteiger partial charge >= 0.3 is 6.18 Å². The molecule has 1 fully saturated rings. The Morgan fingerprint density at radius 1 is 1.20 bits per heavy atom. The number of alkyl halides is 3. The van der Waals surface area contributed by atoms with E-state index in [0.717, 1.165) is 53.3 Å². The van der Waals surface area contributed by atoms with Gasteiger partial charge in [0.1, 0.15) is 6.54 Å². The quantitative estimate of drug-likeness (QED) is 0.392. The number of amides is 2. The van der Waals surface area contributed by atoms with Gasteiger partial charge in [0.15, 0.2) is 0 Å². The number of nitrogens with one attached hydrogen (secondary N) is 1. The Morgan fingerprint density at radius 3 is 2.74 bits per heavy atom. The van der Waals surface area contributed by atoms with E-state index in [1.165, 1.54) is 6.07 Å². The molecule has 5 nitrogen and oxygen atoms in total. The van der Waals surface area contributed by atoms with Gasteiger partial charge in [-0.25, -0.2) is 0 Å². The number of hydrogen-bond donors (Lipinski definition) is 1. The molecule has 0 bridgehead atoms. The number of benzene rings is 2. The Kier molecular flexibility index (Phi) is 5.99. The summed E-state index contributed by atoms with van der Waals surface area (Å²) in [5.74, 6) is -0.423. The van der Waals surface area contributed by atoms with Crippen molar-refractivity contribution in [2.45, 2.75) is 44.9 Å². The molecule has 1 unspecified atom stereocenters. The topological polar surface area (TPSA) is 54.3 Å². The van der Waals surface area contributed by atoms with E-state index in [4.69, 9.17) is 0 Å². The van der Waals surface area contributed by atoms with Crippen LogP contribution in [0, 0.1) is 0 Å². The summed E-state index contributed by atoms with van der Waals surface area (Å²) in [4.78, 5) is 27.7. The van der Waals surface area contributed by atoms with Crippen molar-refractivity contribution in [2.75, 3.05) is 11.9 Å². The third-order valence-electron chi connectivity index (χ3n) is 6.73. The summed E-state index contributed by atoms with van der Waals surface area (Å²) in [5.41, 5.74) is 1.56. The summed E-state index contributed by atoms with van der Waals surface area (Å²) in [6, 6.07) is 9.16.